The van der Waals surface area contributed by atoms with E-state index in [4.69, 9.17) is 4.74 Å². The van der Waals surface area contributed by atoms with Gasteiger partial charge in [0.1, 0.15) is 5.60 Å². The van der Waals surface area contributed by atoms with E-state index in [2.05, 4.69) is 0 Å². The van der Waals surface area contributed by atoms with Crippen molar-refractivity contribution in [1.29, 1.82) is 0 Å². The number of hydrogen-bond donors (Lipinski definition) is 1. The average molecular weight is 257 g/mol. The van der Waals surface area contributed by atoms with Gasteiger partial charge in [0.05, 0.1) is 12.1 Å². The smallest absolute Gasteiger partial charge is 0.410 e. The van der Waals surface area contributed by atoms with Gasteiger partial charge in [0.2, 0.25) is 0 Å². The first-order chi connectivity index (χ1) is 8.02. The number of aliphatic hydroxyl groups excluding tert-OH is 1. The Hall–Kier alpha value is -0.770. The van der Waals surface area contributed by atoms with Crippen LogP contribution in [0, 0.1) is 5.41 Å². The molecule has 0 saturated carbocycles. The van der Waals surface area contributed by atoms with Crippen molar-refractivity contribution < 1.29 is 14.6 Å². The van der Waals surface area contributed by atoms with Crippen molar-refractivity contribution in [3.63, 3.8) is 0 Å². The van der Waals surface area contributed by atoms with Crippen LogP contribution >= 0.6 is 0 Å². The molecule has 4 heteroatoms. The maximum atomic E-state index is 12.1. The second-order valence-corrected chi connectivity index (χ2v) is 7.19. The van der Waals surface area contributed by atoms with Gasteiger partial charge in [0.25, 0.3) is 0 Å². The number of carbonyl (C=O) groups excluding carboxylic acids is 1. The van der Waals surface area contributed by atoms with Gasteiger partial charge < -0.3 is 14.7 Å². The molecule has 0 bridgehead atoms. The van der Waals surface area contributed by atoms with Gasteiger partial charge in [-0.15, -0.1) is 0 Å². The fourth-order valence-corrected chi connectivity index (χ4v) is 2.25. The molecule has 1 saturated heterocycles. The summed E-state index contributed by atoms with van der Waals surface area (Å²) in [6, 6.07) is -0.125. The minimum absolute atomic E-state index is 0.125. The highest BCUT2D eigenvalue weighted by Crippen LogP contribution is 2.31. The SMILES string of the molecule is CC(C)(C)OC(=O)N1CCC[C@H]1[C@H](O)C(C)(C)C. The quantitative estimate of drug-likeness (QED) is 0.786. The topological polar surface area (TPSA) is 49.8 Å². The molecule has 1 N–H and O–H groups in total. The summed E-state index contributed by atoms with van der Waals surface area (Å²) in [6.45, 7) is 12.2. The van der Waals surface area contributed by atoms with Gasteiger partial charge in [-0.05, 0) is 39.0 Å². The van der Waals surface area contributed by atoms with E-state index < -0.39 is 11.7 Å². The standard InChI is InChI=1S/C14H27NO3/c1-13(2,3)11(16)10-8-7-9-15(10)12(17)18-14(4,5)6/h10-11,16H,7-9H2,1-6H3/t10-,11-/m0/s1. The minimum atomic E-state index is -0.521. The van der Waals surface area contributed by atoms with Crippen LogP contribution in [0.25, 0.3) is 0 Å². The molecule has 2 atom stereocenters. The number of hydrogen-bond acceptors (Lipinski definition) is 3. The summed E-state index contributed by atoms with van der Waals surface area (Å²) in [5.74, 6) is 0. The maximum absolute atomic E-state index is 12.1. The number of rotatable bonds is 1. The van der Waals surface area contributed by atoms with Crippen LogP contribution < -0.4 is 0 Å². The van der Waals surface area contributed by atoms with E-state index in [1.807, 2.05) is 41.5 Å². The fourth-order valence-electron chi connectivity index (χ4n) is 2.25. The molecule has 1 amide bonds. The highest BCUT2D eigenvalue weighted by molar-refractivity contribution is 5.69. The van der Waals surface area contributed by atoms with Crippen molar-refractivity contribution in [2.75, 3.05) is 6.54 Å². The third kappa shape index (κ3) is 3.87. The van der Waals surface area contributed by atoms with Crippen LogP contribution in [0.15, 0.2) is 0 Å². The summed E-state index contributed by atoms with van der Waals surface area (Å²) in [6.07, 6.45) is 0.940. The Morgan fingerprint density at radius 3 is 2.28 bits per heavy atom. The van der Waals surface area contributed by atoms with Gasteiger partial charge in [-0.25, -0.2) is 4.79 Å². The van der Waals surface area contributed by atoms with Crippen LogP contribution in [0.3, 0.4) is 0 Å². The van der Waals surface area contributed by atoms with Crippen LogP contribution in [0.5, 0.6) is 0 Å². The number of aliphatic hydroxyl groups is 1. The first kappa shape index (κ1) is 15.3. The van der Waals surface area contributed by atoms with E-state index in [1.165, 1.54) is 0 Å². The summed E-state index contributed by atoms with van der Waals surface area (Å²) < 4.78 is 5.39. The predicted octanol–water partition coefficient (Wildman–Crippen LogP) is 2.79. The zero-order chi connectivity index (χ0) is 14.1. The molecule has 1 rings (SSSR count). The van der Waals surface area contributed by atoms with Gasteiger partial charge in [-0.1, -0.05) is 20.8 Å². The van der Waals surface area contributed by atoms with Gasteiger partial charge >= 0.3 is 6.09 Å². The lowest BCUT2D eigenvalue weighted by Gasteiger charge is -2.36. The van der Waals surface area contributed by atoms with Crippen LogP contribution in [-0.4, -0.2) is 40.4 Å². The molecule has 1 fully saturated rings. The van der Waals surface area contributed by atoms with Gasteiger partial charge in [-0.3, -0.25) is 0 Å². The Morgan fingerprint density at radius 2 is 1.83 bits per heavy atom. The van der Waals surface area contributed by atoms with E-state index in [9.17, 15) is 9.90 Å². The molecule has 18 heavy (non-hydrogen) atoms. The fraction of sp³-hybridized carbons (Fsp3) is 0.929. The molecule has 1 aliphatic rings. The second-order valence-electron chi connectivity index (χ2n) is 7.19. The van der Waals surface area contributed by atoms with Crippen LogP contribution in [0.2, 0.25) is 0 Å². The number of carbonyl (C=O) groups is 1. The summed E-state index contributed by atoms with van der Waals surface area (Å²) in [5, 5.41) is 10.4. The Labute approximate surface area is 110 Å². The molecule has 0 unspecified atom stereocenters. The number of likely N-dealkylation sites (tertiary alicyclic amines) is 1. The maximum Gasteiger partial charge on any atom is 0.410 e. The number of amides is 1. The largest absolute Gasteiger partial charge is 0.444 e. The molecule has 1 aliphatic heterocycles. The van der Waals surface area contributed by atoms with E-state index in [1.54, 1.807) is 4.90 Å². The summed E-state index contributed by atoms with van der Waals surface area (Å²) in [5.41, 5.74) is -0.716. The highest BCUT2D eigenvalue weighted by Gasteiger charge is 2.40. The van der Waals surface area contributed by atoms with Gasteiger partial charge in [-0.2, -0.15) is 0 Å². The third-order valence-electron chi connectivity index (χ3n) is 3.18. The van der Waals surface area contributed by atoms with Crippen molar-refractivity contribution in [3.8, 4) is 0 Å². The van der Waals surface area contributed by atoms with Crippen molar-refractivity contribution in [3.05, 3.63) is 0 Å². The first-order valence-corrected chi connectivity index (χ1v) is 6.70. The van der Waals surface area contributed by atoms with Crippen LogP contribution in [0.4, 0.5) is 4.79 Å². The lowest BCUT2D eigenvalue weighted by molar-refractivity contribution is -0.0231. The summed E-state index contributed by atoms with van der Waals surface area (Å²) >= 11 is 0. The molecule has 0 radical (unpaired) electrons. The van der Waals surface area contributed by atoms with Crippen molar-refractivity contribution in [1.82, 2.24) is 4.90 Å². The zero-order valence-corrected chi connectivity index (χ0v) is 12.5. The number of ether oxygens (including phenoxy) is 1. The predicted molar refractivity (Wildman–Crippen MR) is 71.4 cm³/mol. The van der Waals surface area contributed by atoms with Crippen molar-refractivity contribution in [2.45, 2.75) is 72.1 Å². The van der Waals surface area contributed by atoms with Crippen LogP contribution in [-0.2, 0) is 4.74 Å². The highest BCUT2D eigenvalue weighted by atomic mass is 16.6. The molecule has 0 aromatic rings. The van der Waals surface area contributed by atoms with E-state index in [0.29, 0.717) is 6.54 Å². The zero-order valence-electron chi connectivity index (χ0n) is 12.5. The monoisotopic (exact) mass is 257 g/mol. The Kier molecular flexibility index (Phi) is 4.31. The van der Waals surface area contributed by atoms with E-state index in [0.717, 1.165) is 12.8 Å². The van der Waals surface area contributed by atoms with E-state index >= 15 is 0 Å². The molecular formula is C14H27NO3. The summed E-state index contributed by atoms with van der Waals surface area (Å²) in [7, 11) is 0. The van der Waals surface area contributed by atoms with Crippen LogP contribution in [0.1, 0.15) is 54.4 Å². The van der Waals surface area contributed by atoms with E-state index in [-0.39, 0.29) is 17.6 Å². The normalized spacial score (nSPS) is 23.1. The molecule has 4 nitrogen and oxygen atoms in total. The molecule has 0 aromatic heterocycles. The third-order valence-corrected chi connectivity index (χ3v) is 3.18. The minimum Gasteiger partial charge on any atom is -0.444 e. The molecule has 0 spiro atoms. The van der Waals surface area contributed by atoms with Gasteiger partial charge in [0.15, 0.2) is 0 Å². The van der Waals surface area contributed by atoms with Crippen molar-refractivity contribution >= 4 is 6.09 Å². The molecule has 106 valence electrons. The Bertz CT molecular complexity index is 301. The summed E-state index contributed by atoms with van der Waals surface area (Å²) in [4.78, 5) is 13.8. The lowest BCUT2D eigenvalue weighted by atomic mass is 9.84. The average Bonchev–Trinajstić information content (AvgIpc) is 2.60. The van der Waals surface area contributed by atoms with Crippen molar-refractivity contribution in [2.24, 2.45) is 5.41 Å². The Balaban J connectivity index is 2.74. The van der Waals surface area contributed by atoms with Gasteiger partial charge in [0, 0.05) is 6.54 Å². The molecule has 1 heterocycles. The molecular weight excluding hydrogens is 230 g/mol. The number of nitrogens with zero attached hydrogens (tertiary/aromatic N) is 1. The molecule has 0 aliphatic carbocycles. The second kappa shape index (κ2) is 5.08. The first-order valence-electron chi connectivity index (χ1n) is 6.70. The Morgan fingerprint density at radius 1 is 1.28 bits per heavy atom. The lowest BCUT2D eigenvalue weighted by Crippen LogP contribution is -2.49. The molecule has 0 aromatic carbocycles.